The normalized spacial score (nSPS) is 12.4. The van der Waals surface area contributed by atoms with E-state index in [4.69, 9.17) is 0 Å². The van der Waals surface area contributed by atoms with Crippen LogP contribution in [0.1, 0.15) is 21.3 Å². The van der Waals surface area contributed by atoms with E-state index in [-0.39, 0.29) is 11.9 Å². The fourth-order valence-corrected chi connectivity index (χ4v) is 2.60. The molecule has 1 aromatic carbocycles. The molecule has 4 heteroatoms. The average molecular weight is 274 g/mol. The number of likely N-dealkylation sites (N-methyl/N-ethyl adjacent to an activating group) is 1. The van der Waals surface area contributed by atoms with Gasteiger partial charge in [-0.3, -0.25) is 4.79 Å². The highest BCUT2D eigenvalue weighted by atomic mass is 32.1. The van der Waals surface area contributed by atoms with E-state index in [2.05, 4.69) is 22.3 Å². The number of amides is 1. The first-order chi connectivity index (χ1) is 9.18. The van der Waals surface area contributed by atoms with Crippen LogP contribution in [-0.2, 0) is 0 Å². The molecule has 0 spiro atoms. The van der Waals surface area contributed by atoms with Gasteiger partial charge in [0.25, 0.3) is 5.91 Å². The highest BCUT2D eigenvalue weighted by Crippen LogP contribution is 2.17. The van der Waals surface area contributed by atoms with E-state index in [0.717, 1.165) is 4.88 Å². The molecule has 100 valence electrons. The molecular formula is C15H18N2OS. The zero-order valence-electron chi connectivity index (χ0n) is 11.2. The van der Waals surface area contributed by atoms with Crippen molar-refractivity contribution < 1.29 is 4.79 Å². The number of carbonyl (C=O) groups excluding carboxylic acids is 1. The quantitative estimate of drug-likeness (QED) is 0.909. The van der Waals surface area contributed by atoms with Crippen LogP contribution in [0.15, 0.2) is 47.8 Å². The molecule has 0 bridgehead atoms. The van der Waals surface area contributed by atoms with Gasteiger partial charge in [-0.25, -0.2) is 0 Å². The van der Waals surface area contributed by atoms with Crippen LogP contribution in [0.4, 0.5) is 0 Å². The first-order valence-electron chi connectivity index (χ1n) is 6.21. The van der Waals surface area contributed by atoms with Crippen LogP contribution in [0.5, 0.6) is 0 Å². The van der Waals surface area contributed by atoms with E-state index in [0.29, 0.717) is 6.54 Å². The van der Waals surface area contributed by atoms with Crippen LogP contribution in [0.3, 0.4) is 0 Å². The molecule has 1 amide bonds. The lowest BCUT2D eigenvalue weighted by Crippen LogP contribution is -2.34. The van der Waals surface area contributed by atoms with Crippen LogP contribution < -0.4 is 5.32 Å². The molecule has 0 aliphatic heterocycles. The van der Waals surface area contributed by atoms with Gasteiger partial charge in [-0.15, -0.1) is 11.3 Å². The van der Waals surface area contributed by atoms with Crippen molar-refractivity contribution in [2.45, 2.75) is 6.04 Å². The summed E-state index contributed by atoms with van der Waals surface area (Å²) in [7, 11) is 4.05. The summed E-state index contributed by atoms with van der Waals surface area (Å²) >= 11 is 1.46. The summed E-state index contributed by atoms with van der Waals surface area (Å²) in [5.41, 5.74) is 1.21. The Morgan fingerprint density at radius 1 is 1.21 bits per heavy atom. The van der Waals surface area contributed by atoms with E-state index in [1.165, 1.54) is 16.9 Å². The summed E-state index contributed by atoms with van der Waals surface area (Å²) in [6.45, 7) is 0.605. The van der Waals surface area contributed by atoms with E-state index in [1.54, 1.807) is 0 Å². The van der Waals surface area contributed by atoms with E-state index >= 15 is 0 Å². The summed E-state index contributed by atoms with van der Waals surface area (Å²) < 4.78 is 0. The minimum absolute atomic E-state index is 0.00205. The number of nitrogens with one attached hydrogen (secondary N) is 1. The topological polar surface area (TPSA) is 32.3 Å². The van der Waals surface area contributed by atoms with Gasteiger partial charge in [0.1, 0.15) is 0 Å². The largest absolute Gasteiger partial charge is 0.349 e. The molecule has 0 saturated carbocycles. The van der Waals surface area contributed by atoms with Gasteiger partial charge in [0.05, 0.1) is 10.9 Å². The number of hydrogen-bond acceptors (Lipinski definition) is 3. The van der Waals surface area contributed by atoms with Gasteiger partial charge in [-0.05, 0) is 31.1 Å². The molecule has 1 N–H and O–H groups in total. The van der Waals surface area contributed by atoms with Crippen molar-refractivity contribution in [2.75, 3.05) is 20.6 Å². The highest BCUT2D eigenvalue weighted by Gasteiger charge is 2.15. The first-order valence-corrected chi connectivity index (χ1v) is 7.09. The molecule has 2 aromatic rings. The van der Waals surface area contributed by atoms with Gasteiger partial charge in [0.2, 0.25) is 0 Å². The second-order valence-electron chi connectivity index (χ2n) is 4.58. The van der Waals surface area contributed by atoms with Crippen molar-refractivity contribution >= 4 is 17.2 Å². The number of rotatable bonds is 5. The summed E-state index contributed by atoms with van der Waals surface area (Å²) in [5.74, 6) is -0.00205. The van der Waals surface area contributed by atoms with Crippen molar-refractivity contribution in [2.24, 2.45) is 0 Å². The number of hydrogen-bond donors (Lipinski definition) is 1. The Balaban J connectivity index is 2.01. The average Bonchev–Trinajstić information content (AvgIpc) is 2.93. The maximum absolute atomic E-state index is 11.9. The lowest BCUT2D eigenvalue weighted by Gasteiger charge is -2.25. The third kappa shape index (κ3) is 3.66. The van der Waals surface area contributed by atoms with Gasteiger partial charge < -0.3 is 10.2 Å². The van der Waals surface area contributed by atoms with Crippen LogP contribution >= 0.6 is 11.3 Å². The molecule has 0 aliphatic rings. The predicted molar refractivity (Wildman–Crippen MR) is 79.5 cm³/mol. The number of thiophene rings is 1. The van der Waals surface area contributed by atoms with Crippen LogP contribution in [0.25, 0.3) is 0 Å². The van der Waals surface area contributed by atoms with Gasteiger partial charge >= 0.3 is 0 Å². The summed E-state index contributed by atoms with van der Waals surface area (Å²) in [4.78, 5) is 14.8. The Bertz CT molecular complexity index is 508. The van der Waals surface area contributed by atoms with Gasteiger partial charge in [0.15, 0.2) is 0 Å². The molecule has 1 aromatic heterocycles. The second kappa shape index (κ2) is 6.50. The summed E-state index contributed by atoms with van der Waals surface area (Å²) in [6.07, 6.45) is 0. The van der Waals surface area contributed by atoms with Crippen molar-refractivity contribution in [3.8, 4) is 0 Å². The zero-order valence-corrected chi connectivity index (χ0v) is 12.0. The minimum atomic E-state index is -0.00205. The fourth-order valence-electron chi connectivity index (χ4n) is 1.96. The van der Waals surface area contributed by atoms with Crippen LogP contribution in [0.2, 0.25) is 0 Å². The van der Waals surface area contributed by atoms with Crippen LogP contribution in [0, 0.1) is 0 Å². The molecule has 19 heavy (non-hydrogen) atoms. The molecule has 2 rings (SSSR count). The highest BCUT2D eigenvalue weighted by molar-refractivity contribution is 7.12. The Labute approximate surface area is 117 Å². The lowest BCUT2D eigenvalue weighted by molar-refractivity contribution is 0.0946. The second-order valence-corrected chi connectivity index (χ2v) is 5.53. The monoisotopic (exact) mass is 274 g/mol. The third-order valence-electron chi connectivity index (χ3n) is 3.01. The standard InChI is InChI=1S/C15H18N2OS/c1-17(2)13(12-7-4-3-5-8-12)11-16-15(18)14-9-6-10-19-14/h3-10,13H,11H2,1-2H3,(H,16,18). The molecule has 1 unspecified atom stereocenters. The van der Waals surface area contributed by atoms with Crippen molar-refractivity contribution in [1.29, 1.82) is 0 Å². The number of nitrogens with zero attached hydrogens (tertiary/aromatic N) is 1. The minimum Gasteiger partial charge on any atom is -0.349 e. The molecule has 1 heterocycles. The molecule has 1 atom stereocenters. The fraction of sp³-hybridized carbons (Fsp3) is 0.267. The summed E-state index contributed by atoms with van der Waals surface area (Å²) in [6, 6.07) is 14.1. The predicted octanol–water partition coefficient (Wildman–Crippen LogP) is 2.78. The van der Waals surface area contributed by atoms with Crippen molar-refractivity contribution in [3.05, 3.63) is 58.3 Å². The Hall–Kier alpha value is -1.65. The Morgan fingerprint density at radius 2 is 1.95 bits per heavy atom. The number of carbonyl (C=O) groups is 1. The van der Waals surface area contributed by atoms with Crippen molar-refractivity contribution in [1.82, 2.24) is 10.2 Å². The first kappa shape index (κ1) is 13.8. The van der Waals surface area contributed by atoms with E-state index < -0.39 is 0 Å². The maximum atomic E-state index is 11.9. The van der Waals surface area contributed by atoms with Crippen LogP contribution in [-0.4, -0.2) is 31.4 Å². The lowest BCUT2D eigenvalue weighted by atomic mass is 10.1. The maximum Gasteiger partial charge on any atom is 0.261 e. The molecule has 0 saturated heterocycles. The van der Waals surface area contributed by atoms with E-state index in [1.807, 2.05) is 49.8 Å². The smallest absolute Gasteiger partial charge is 0.261 e. The van der Waals surface area contributed by atoms with E-state index in [9.17, 15) is 4.79 Å². The summed E-state index contributed by atoms with van der Waals surface area (Å²) in [5, 5.41) is 4.91. The molecule has 0 radical (unpaired) electrons. The molecule has 0 fully saturated rings. The molecule has 3 nitrogen and oxygen atoms in total. The molecular weight excluding hydrogens is 256 g/mol. The Morgan fingerprint density at radius 3 is 2.53 bits per heavy atom. The third-order valence-corrected chi connectivity index (χ3v) is 3.88. The SMILES string of the molecule is CN(C)C(CNC(=O)c1cccs1)c1ccccc1. The van der Waals surface area contributed by atoms with Gasteiger partial charge in [-0.1, -0.05) is 36.4 Å². The van der Waals surface area contributed by atoms with Gasteiger partial charge in [-0.2, -0.15) is 0 Å². The number of benzene rings is 1. The molecule has 0 aliphatic carbocycles. The van der Waals surface area contributed by atoms with Gasteiger partial charge in [0, 0.05) is 6.54 Å². The Kier molecular flexibility index (Phi) is 4.71. The van der Waals surface area contributed by atoms with Crippen molar-refractivity contribution in [3.63, 3.8) is 0 Å². The zero-order chi connectivity index (χ0) is 13.7.